The first-order valence-corrected chi connectivity index (χ1v) is 8.27. The Hall–Kier alpha value is -0.0400. The predicted molar refractivity (Wildman–Crippen MR) is 95.0 cm³/mol. The molecule has 0 aliphatic carbocycles. The lowest BCUT2D eigenvalue weighted by Gasteiger charge is -2.26. The lowest BCUT2D eigenvalue weighted by atomic mass is 9.80. The third-order valence-electron chi connectivity index (χ3n) is 2.31. The van der Waals surface area contributed by atoms with Gasteiger partial charge in [-0.05, 0) is 37.3 Å². The third kappa shape index (κ3) is 46.1. The summed E-state index contributed by atoms with van der Waals surface area (Å²) in [5.41, 5.74) is 0.469. The van der Waals surface area contributed by atoms with Crippen LogP contribution in [0.5, 0.6) is 0 Å². The molecule has 0 aromatic rings. The summed E-state index contributed by atoms with van der Waals surface area (Å²) in [4.78, 5) is 0. The van der Waals surface area contributed by atoms with Crippen molar-refractivity contribution in [1.82, 2.24) is 5.32 Å². The Balaban J connectivity index is -0.000000104. The molecule has 1 atom stereocenters. The van der Waals surface area contributed by atoms with Crippen molar-refractivity contribution in [2.24, 2.45) is 17.3 Å². The van der Waals surface area contributed by atoms with E-state index < -0.39 is 0 Å². The molecular weight excluding hydrogens is 230 g/mol. The van der Waals surface area contributed by atoms with Gasteiger partial charge in [-0.15, -0.1) is 0 Å². The van der Waals surface area contributed by atoms with Gasteiger partial charge in [0.05, 0.1) is 0 Å². The van der Waals surface area contributed by atoms with Gasteiger partial charge < -0.3 is 5.32 Å². The summed E-state index contributed by atoms with van der Waals surface area (Å²) >= 11 is 0. The molecule has 122 valence electrons. The smallest absolute Gasteiger partial charge is 0.00492 e. The second-order valence-electron chi connectivity index (χ2n) is 6.60. The fraction of sp³-hybridized carbons (Fsp3) is 1.00. The second-order valence-corrected chi connectivity index (χ2v) is 6.60. The summed E-state index contributed by atoms with van der Waals surface area (Å²) in [7, 11) is 2.01. The Morgan fingerprint density at radius 2 is 1.16 bits per heavy atom. The van der Waals surface area contributed by atoms with Crippen molar-refractivity contribution < 1.29 is 0 Å². The van der Waals surface area contributed by atoms with Gasteiger partial charge in [-0.25, -0.2) is 0 Å². The van der Waals surface area contributed by atoms with E-state index in [1.54, 1.807) is 0 Å². The first-order valence-electron chi connectivity index (χ1n) is 8.27. The van der Waals surface area contributed by atoms with Crippen molar-refractivity contribution in [3.63, 3.8) is 0 Å². The SMILES string of the molecule is CC.CC(C)C.CCC.CNCCC(C)C(C)(C)C. The number of rotatable bonds is 3. The molecule has 0 fully saturated rings. The van der Waals surface area contributed by atoms with E-state index >= 15 is 0 Å². The molecule has 0 rings (SSSR count). The molecule has 0 amide bonds. The Labute approximate surface area is 126 Å². The van der Waals surface area contributed by atoms with Crippen molar-refractivity contribution >= 4 is 0 Å². The van der Waals surface area contributed by atoms with Gasteiger partial charge in [-0.2, -0.15) is 0 Å². The van der Waals surface area contributed by atoms with E-state index in [0.29, 0.717) is 5.41 Å². The molecular formula is C18H45N. The monoisotopic (exact) mass is 275 g/mol. The summed E-state index contributed by atoms with van der Waals surface area (Å²) in [6.45, 7) is 25.1. The number of nitrogens with one attached hydrogen (secondary N) is 1. The van der Waals surface area contributed by atoms with Crippen molar-refractivity contribution in [2.45, 2.75) is 89.0 Å². The van der Waals surface area contributed by atoms with Crippen LogP contribution in [0, 0.1) is 17.3 Å². The van der Waals surface area contributed by atoms with E-state index in [1.165, 1.54) is 12.8 Å². The van der Waals surface area contributed by atoms with Crippen LogP contribution in [0.1, 0.15) is 89.0 Å². The summed E-state index contributed by atoms with van der Waals surface area (Å²) in [5.74, 6) is 1.64. The number of hydrogen-bond donors (Lipinski definition) is 1. The van der Waals surface area contributed by atoms with Gasteiger partial charge in [0.25, 0.3) is 0 Å². The second kappa shape index (κ2) is 20.3. The van der Waals surface area contributed by atoms with Crippen LogP contribution in [0.3, 0.4) is 0 Å². The number of hydrogen-bond acceptors (Lipinski definition) is 1. The minimum atomic E-state index is 0.469. The molecule has 0 radical (unpaired) electrons. The van der Waals surface area contributed by atoms with Crippen LogP contribution < -0.4 is 5.32 Å². The van der Waals surface area contributed by atoms with Crippen molar-refractivity contribution in [3.05, 3.63) is 0 Å². The summed E-state index contributed by atoms with van der Waals surface area (Å²) in [6, 6.07) is 0. The highest BCUT2D eigenvalue weighted by Gasteiger charge is 2.18. The van der Waals surface area contributed by atoms with E-state index in [2.05, 4.69) is 67.6 Å². The van der Waals surface area contributed by atoms with E-state index in [1.807, 2.05) is 20.9 Å². The molecule has 0 aromatic heterocycles. The van der Waals surface area contributed by atoms with Gasteiger partial charge in [0.15, 0.2) is 0 Å². The minimum absolute atomic E-state index is 0.469. The van der Waals surface area contributed by atoms with Gasteiger partial charge in [-0.3, -0.25) is 0 Å². The van der Waals surface area contributed by atoms with Crippen LogP contribution >= 0.6 is 0 Å². The Bertz CT molecular complexity index is 119. The van der Waals surface area contributed by atoms with E-state index in [4.69, 9.17) is 0 Å². The topological polar surface area (TPSA) is 12.0 Å². The maximum absolute atomic E-state index is 3.17. The molecule has 0 saturated carbocycles. The van der Waals surface area contributed by atoms with E-state index in [0.717, 1.165) is 18.4 Å². The van der Waals surface area contributed by atoms with E-state index in [9.17, 15) is 0 Å². The first kappa shape index (κ1) is 27.3. The summed E-state index contributed by atoms with van der Waals surface area (Å²) in [6.07, 6.45) is 2.53. The molecule has 0 aliphatic rings. The quantitative estimate of drug-likeness (QED) is 0.630. The fourth-order valence-electron chi connectivity index (χ4n) is 0.794. The zero-order valence-corrected chi connectivity index (χ0v) is 16.3. The zero-order chi connectivity index (χ0) is 16.5. The standard InChI is InChI=1S/C9H21N.C4H10.C3H8.C2H6/c1-8(6-7-10-5)9(2,3)4;1-4(2)3;1-3-2;1-2/h8,10H,6-7H2,1-5H3;4H,1-3H3;3H2,1-2H3;1-2H3. The largest absolute Gasteiger partial charge is 0.320 e. The van der Waals surface area contributed by atoms with Gasteiger partial charge in [0, 0.05) is 0 Å². The van der Waals surface area contributed by atoms with Crippen LogP contribution in [0.15, 0.2) is 0 Å². The van der Waals surface area contributed by atoms with Crippen LogP contribution in [0.2, 0.25) is 0 Å². The normalized spacial score (nSPS) is 11.2. The molecule has 1 N–H and O–H groups in total. The molecule has 0 aromatic carbocycles. The molecule has 1 heteroatoms. The highest BCUT2D eigenvalue weighted by Crippen LogP contribution is 2.27. The van der Waals surface area contributed by atoms with Crippen LogP contribution in [-0.4, -0.2) is 13.6 Å². The van der Waals surface area contributed by atoms with Crippen molar-refractivity contribution in [1.29, 1.82) is 0 Å². The molecule has 0 spiro atoms. The maximum Gasteiger partial charge on any atom is -0.00492 e. The van der Waals surface area contributed by atoms with Gasteiger partial charge in [-0.1, -0.05) is 82.6 Å². The van der Waals surface area contributed by atoms with Crippen LogP contribution in [-0.2, 0) is 0 Å². The average molecular weight is 276 g/mol. The first-order chi connectivity index (χ1) is 8.63. The highest BCUT2D eigenvalue weighted by molar-refractivity contribution is 4.69. The molecule has 1 nitrogen and oxygen atoms in total. The lowest BCUT2D eigenvalue weighted by Crippen LogP contribution is -2.21. The molecule has 0 bridgehead atoms. The maximum atomic E-state index is 3.17. The van der Waals surface area contributed by atoms with Gasteiger partial charge in [0.2, 0.25) is 0 Å². The van der Waals surface area contributed by atoms with Crippen molar-refractivity contribution in [3.8, 4) is 0 Å². The minimum Gasteiger partial charge on any atom is -0.320 e. The highest BCUT2D eigenvalue weighted by atomic mass is 14.8. The van der Waals surface area contributed by atoms with Crippen LogP contribution in [0.25, 0.3) is 0 Å². The molecule has 1 unspecified atom stereocenters. The third-order valence-corrected chi connectivity index (χ3v) is 2.31. The molecule has 0 aliphatic heterocycles. The Morgan fingerprint density at radius 1 is 0.895 bits per heavy atom. The summed E-state index contributed by atoms with van der Waals surface area (Å²) in [5, 5.41) is 3.17. The fourth-order valence-corrected chi connectivity index (χ4v) is 0.794. The Kier molecular flexibility index (Phi) is 29.2. The lowest BCUT2D eigenvalue weighted by molar-refractivity contribution is 0.246. The zero-order valence-electron chi connectivity index (χ0n) is 16.3. The average Bonchev–Trinajstić information content (AvgIpc) is 2.27. The van der Waals surface area contributed by atoms with Gasteiger partial charge in [0.1, 0.15) is 0 Å². The van der Waals surface area contributed by atoms with Crippen LogP contribution in [0.4, 0.5) is 0 Å². The van der Waals surface area contributed by atoms with Gasteiger partial charge >= 0.3 is 0 Å². The molecule has 19 heavy (non-hydrogen) atoms. The predicted octanol–water partition coefficient (Wildman–Crippen LogP) is 6.38. The molecule has 0 heterocycles. The van der Waals surface area contributed by atoms with E-state index in [-0.39, 0.29) is 0 Å². The Morgan fingerprint density at radius 3 is 1.32 bits per heavy atom. The molecule has 0 saturated heterocycles. The van der Waals surface area contributed by atoms with Crippen molar-refractivity contribution in [2.75, 3.05) is 13.6 Å². The summed E-state index contributed by atoms with van der Waals surface area (Å²) < 4.78 is 0.